The van der Waals surface area contributed by atoms with Crippen LogP contribution in [-0.4, -0.2) is 45.7 Å². The zero-order valence-electron chi connectivity index (χ0n) is 11.8. The van der Waals surface area contributed by atoms with Crippen LogP contribution in [0.25, 0.3) is 0 Å². The van der Waals surface area contributed by atoms with Gasteiger partial charge in [0, 0.05) is 25.7 Å². The first-order chi connectivity index (χ1) is 9.58. The van der Waals surface area contributed by atoms with Crippen molar-refractivity contribution in [1.29, 1.82) is 0 Å². The van der Waals surface area contributed by atoms with Crippen LogP contribution in [0.2, 0.25) is 0 Å². The first kappa shape index (κ1) is 16.5. The number of pyridine rings is 1. The summed E-state index contributed by atoms with van der Waals surface area (Å²) in [5.74, 6) is -0.0305. The Hall–Kier alpha value is -1.56. The number of aromatic nitrogens is 1. The van der Waals surface area contributed by atoms with Crippen LogP contribution in [0.1, 0.15) is 37.0 Å². The molecule has 0 aliphatic heterocycles. The van der Waals surface area contributed by atoms with Gasteiger partial charge >= 0.3 is 5.97 Å². The molecule has 6 heteroatoms. The molecular formula is C14H20N2O3S. The summed E-state index contributed by atoms with van der Waals surface area (Å²) in [6, 6.07) is 3.02. The molecule has 0 fully saturated rings. The number of nitrogens with zero attached hydrogens (tertiary/aromatic N) is 2. The number of hydrogen-bond donors (Lipinski definition) is 1. The molecule has 0 radical (unpaired) electrons. The summed E-state index contributed by atoms with van der Waals surface area (Å²) < 4.78 is 0. The Balaban J connectivity index is 2.36. The average Bonchev–Trinajstić information content (AvgIpc) is 2.45. The van der Waals surface area contributed by atoms with Gasteiger partial charge in [0.2, 0.25) is 5.91 Å². The van der Waals surface area contributed by atoms with E-state index >= 15 is 0 Å². The number of amides is 1. The summed E-state index contributed by atoms with van der Waals surface area (Å²) in [6.07, 6.45) is 2.78. The van der Waals surface area contributed by atoms with Crippen molar-refractivity contribution < 1.29 is 14.7 Å². The van der Waals surface area contributed by atoms with E-state index in [4.69, 9.17) is 5.11 Å². The molecule has 0 bridgehead atoms. The fourth-order valence-electron chi connectivity index (χ4n) is 1.76. The highest BCUT2D eigenvalue weighted by atomic mass is 32.2. The number of aromatic carboxylic acids is 1. The van der Waals surface area contributed by atoms with Crippen LogP contribution in [0, 0.1) is 0 Å². The molecule has 5 nitrogen and oxygen atoms in total. The molecule has 1 aromatic heterocycles. The van der Waals surface area contributed by atoms with Crippen LogP contribution < -0.4 is 0 Å². The van der Waals surface area contributed by atoms with Crippen LogP contribution >= 0.6 is 11.8 Å². The summed E-state index contributed by atoms with van der Waals surface area (Å²) >= 11 is 1.48. The van der Waals surface area contributed by atoms with Gasteiger partial charge in [0.25, 0.3) is 0 Å². The molecule has 0 aliphatic carbocycles. The van der Waals surface area contributed by atoms with E-state index in [9.17, 15) is 9.59 Å². The van der Waals surface area contributed by atoms with Crippen molar-refractivity contribution in [2.45, 2.75) is 31.7 Å². The molecular weight excluding hydrogens is 276 g/mol. The van der Waals surface area contributed by atoms with Crippen molar-refractivity contribution in [2.24, 2.45) is 0 Å². The lowest BCUT2D eigenvalue weighted by Gasteiger charge is -2.18. The molecule has 0 aromatic carbocycles. The zero-order chi connectivity index (χ0) is 15.0. The number of carbonyl (C=O) groups excluding carboxylic acids is 1. The molecule has 1 rings (SSSR count). The van der Waals surface area contributed by atoms with E-state index in [1.54, 1.807) is 6.07 Å². The molecule has 0 saturated carbocycles. The molecule has 1 heterocycles. The number of thioether (sulfide) groups is 1. The maximum Gasteiger partial charge on any atom is 0.335 e. The lowest BCUT2D eigenvalue weighted by molar-refractivity contribution is -0.130. The third kappa shape index (κ3) is 5.21. The van der Waals surface area contributed by atoms with E-state index in [1.807, 2.05) is 18.7 Å². The van der Waals surface area contributed by atoms with Crippen molar-refractivity contribution in [1.82, 2.24) is 9.88 Å². The van der Waals surface area contributed by atoms with Gasteiger partial charge in [0.05, 0.1) is 10.6 Å². The fraction of sp³-hybridized carbons (Fsp3) is 0.500. The van der Waals surface area contributed by atoms with Gasteiger partial charge in [-0.3, -0.25) is 4.79 Å². The summed E-state index contributed by atoms with van der Waals surface area (Å²) in [5, 5.41) is 9.56. The molecule has 0 atom stereocenters. The van der Waals surface area contributed by atoms with Gasteiger partial charge in [-0.2, -0.15) is 0 Å². The second-order valence-corrected chi connectivity index (χ2v) is 5.32. The second kappa shape index (κ2) is 8.58. The first-order valence-electron chi connectivity index (χ1n) is 6.68. The summed E-state index contributed by atoms with van der Waals surface area (Å²) in [7, 11) is 0. The predicted molar refractivity (Wildman–Crippen MR) is 79.1 cm³/mol. The van der Waals surface area contributed by atoms with Gasteiger partial charge in [-0.25, -0.2) is 9.78 Å². The third-order valence-corrected chi connectivity index (χ3v) is 3.89. The minimum atomic E-state index is -0.953. The van der Waals surface area contributed by atoms with Gasteiger partial charge in [0.15, 0.2) is 0 Å². The van der Waals surface area contributed by atoms with Crippen molar-refractivity contribution in [2.75, 3.05) is 18.8 Å². The van der Waals surface area contributed by atoms with Crippen LogP contribution in [0.4, 0.5) is 0 Å². The third-order valence-electron chi connectivity index (χ3n) is 2.88. The summed E-state index contributed by atoms with van der Waals surface area (Å²) in [6.45, 7) is 5.42. The Morgan fingerprint density at radius 2 is 2.05 bits per heavy atom. The topological polar surface area (TPSA) is 70.5 Å². The average molecular weight is 296 g/mol. The Morgan fingerprint density at radius 3 is 2.65 bits per heavy atom. The minimum absolute atomic E-state index is 0.169. The second-order valence-electron chi connectivity index (χ2n) is 4.21. The highest BCUT2D eigenvalue weighted by molar-refractivity contribution is 7.99. The Kier molecular flexibility index (Phi) is 7.08. The van der Waals surface area contributed by atoms with Crippen molar-refractivity contribution in [3.05, 3.63) is 23.9 Å². The number of rotatable bonds is 8. The number of carbonyl (C=O) groups is 2. The van der Waals surface area contributed by atoms with Gasteiger partial charge in [0.1, 0.15) is 0 Å². The van der Waals surface area contributed by atoms with Gasteiger partial charge < -0.3 is 10.0 Å². The SMILES string of the molecule is CCN(CC)C(=O)CCCSc1cc(C(=O)O)ccn1. The van der Waals surface area contributed by atoms with Crippen molar-refractivity contribution in [3.8, 4) is 0 Å². The molecule has 110 valence electrons. The lowest BCUT2D eigenvalue weighted by Crippen LogP contribution is -2.30. The molecule has 1 N–H and O–H groups in total. The highest BCUT2D eigenvalue weighted by Gasteiger charge is 2.09. The number of hydrogen-bond acceptors (Lipinski definition) is 4. The monoisotopic (exact) mass is 296 g/mol. The molecule has 1 aromatic rings. The van der Waals surface area contributed by atoms with Crippen LogP contribution in [0.3, 0.4) is 0 Å². The van der Waals surface area contributed by atoms with E-state index in [0.717, 1.165) is 25.3 Å². The number of carboxylic acids is 1. The van der Waals surface area contributed by atoms with Crippen LogP contribution in [0.5, 0.6) is 0 Å². The first-order valence-corrected chi connectivity index (χ1v) is 7.67. The van der Waals surface area contributed by atoms with E-state index < -0.39 is 5.97 Å². The molecule has 0 saturated heterocycles. The van der Waals surface area contributed by atoms with E-state index in [-0.39, 0.29) is 11.5 Å². The van der Waals surface area contributed by atoms with E-state index in [1.165, 1.54) is 24.0 Å². The quantitative estimate of drug-likeness (QED) is 0.589. The Bertz CT molecular complexity index is 461. The van der Waals surface area contributed by atoms with Gasteiger partial charge in [-0.1, -0.05) is 0 Å². The molecule has 1 amide bonds. The zero-order valence-corrected chi connectivity index (χ0v) is 12.7. The predicted octanol–water partition coefficient (Wildman–Crippen LogP) is 2.52. The van der Waals surface area contributed by atoms with Crippen LogP contribution in [0.15, 0.2) is 23.4 Å². The minimum Gasteiger partial charge on any atom is -0.478 e. The maximum atomic E-state index is 11.8. The van der Waals surface area contributed by atoms with E-state index in [2.05, 4.69) is 4.98 Å². The summed E-state index contributed by atoms with van der Waals surface area (Å²) in [5.41, 5.74) is 0.238. The van der Waals surface area contributed by atoms with Crippen LogP contribution in [-0.2, 0) is 4.79 Å². The van der Waals surface area contributed by atoms with Gasteiger partial charge in [-0.15, -0.1) is 11.8 Å². The largest absolute Gasteiger partial charge is 0.478 e. The summed E-state index contributed by atoms with van der Waals surface area (Å²) in [4.78, 5) is 28.5. The Labute approximate surface area is 123 Å². The molecule has 0 unspecified atom stereocenters. The Morgan fingerprint density at radius 1 is 1.35 bits per heavy atom. The molecule has 20 heavy (non-hydrogen) atoms. The normalized spacial score (nSPS) is 10.3. The maximum absolute atomic E-state index is 11.8. The van der Waals surface area contributed by atoms with Gasteiger partial charge in [-0.05, 0) is 38.2 Å². The molecule has 0 aliphatic rings. The smallest absolute Gasteiger partial charge is 0.335 e. The fourth-order valence-corrected chi connectivity index (χ4v) is 2.60. The number of carboxylic acid groups (broad SMARTS) is 1. The molecule has 0 spiro atoms. The van der Waals surface area contributed by atoms with Crippen molar-refractivity contribution >= 4 is 23.6 Å². The van der Waals surface area contributed by atoms with Crippen molar-refractivity contribution in [3.63, 3.8) is 0 Å². The van der Waals surface area contributed by atoms with E-state index in [0.29, 0.717) is 11.4 Å². The highest BCUT2D eigenvalue weighted by Crippen LogP contribution is 2.18. The lowest BCUT2D eigenvalue weighted by atomic mass is 10.3. The standard InChI is InChI=1S/C14H20N2O3S/c1-3-16(4-2)13(17)6-5-9-20-12-10-11(14(18)19)7-8-15-12/h7-8,10H,3-6,9H2,1-2H3,(H,18,19).